The Morgan fingerprint density at radius 2 is 1.72 bits per heavy atom. The van der Waals surface area contributed by atoms with Gasteiger partial charge in [0.25, 0.3) is 0 Å². The lowest BCUT2D eigenvalue weighted by molar-refractivity contribution is -0.380. The Morgan fingerprint density at radius 3 is 2.20 bits per heavy atom. The highest BCUT2D eigenvalue weighted by molar-refractivity contribution is 9.11. The Hall–Kier alpha value is -2.16. The zero-order valence-electron chi connectivity index (χ0n) is 12.7. The van der Waals surface area contributed by atoms with E-state index in [1.54, 1.807) is 0 Å². The van der Waals surface area contributed by atoms with E-state index < -0.39 is 9.85 Å². The van der Waals surface area contributed by atoms with Gasteiger partial charge < -0.3 is 0 Å². The summed E-state index contributed by atoms with van der Waals surface area (Å²) in [6, 6.07) is 0. The molecule has 0 aliphatic heterocycles. The predicted molar refractivity (Wildman–Crippen MR) is 98.7 cm³/mol. The van der Waals surface area contributed by atoms with Gasteiger partial charge in [0.2, 0.25) is 0 Å². The molecule has 2 aromatic rings. The van der Waals surface area contributed by atoms with E-state index in [-0.39, 0.29) is 10.0 Å². The van der Waals surface area contributed by atoms with Crippen LogP contribution in [0.1, 0.15) is 30.7 Å². The van der Waals surface area contributed by atoms with Crippen LogP contribution in [0.2, 0.25) is 0 Å². The third kappa shape index (κ3) is 6.33. The lowest BCUT2D eigenvalue weighted by Crippen LogP contribution is -1.88. The van der Waals surface area contributed by atoms with Gasteiger partial charge in [0, 0.05) is 0 Å². The molecule has 0 unspecified atom stereocenters. The SMILES string of the molecule is O=[N+]([O-])c1cnc(Br)s1.O=[N+]([O-])c1cnc(C#CC2=CCCCC2)s1. The molecule has 0 aromatic carbocycles. The summed E-state index contributed by atoms with van der Waals surface area (Å²) in [7, 11) is 0. The van der Waals surface area contributed by atoms with E-state index in [4.69, 9.17) is 0 Å². The molecule has 0 amide bonds. The minimum Gasteiger partial charge on any atom is -0.257 e. The Labute approximate surface area is 159 Å². The molecule has 1 aliphatic rings. The van der Waals surface area contributed by atoms with Gasteiger partial charge in [0.1, 0.15) is 12.4 Å². The number of allylic oxidation sites excluding steroid dienone is 2. The van der Waals surface area contributed by atoms with Crippen molar-refractivity contribution < 1.29 is 9.85 Å². The maximum atomic E-state index is 10.4. The minimum atomic E-state index is -0.470. The van der Waals surface area contributed by atoms with Gasteiger partial charge in [-0.1, -0.05) is 12.0 Å². The van der Waals surface area contributed by atoms with Crippen LogP contribution in [0.25, 0.3) is 0 Å². The number of nitrogens with zero attached hydrogens (tertiary/aromatic N) is 4. The van der Waals surface area contributed by atoms with Crippen molar-refractivity contribution >= 4 is 48.6 Å². The maximum absolute atomic E-state index is 10.4. The minimum absolute atomic E-state index is 0.0434. The summed E-state index contributed by atoms with van der Waals surface area (Å²) in [5.74, 6) is 5.90. The van der Waals surface area contributed by atoms with Crippen molar-refractivity contribution in [2.24, 2.45) is 0 Å². The lowest BCUT2D eigenvalue weighted by Gasteiger charge is -2.05. The van der Waals surface area contributed by atoms with E-state index in [9.17, 15) is 20.2 Å². The zero-order chi connectivity index (χ0) is 18.2. The molecule has 0 atom stereocenters. The van der Waals surface area contributed by atoms with Crippen LogP contribution in [0.4, 0.5) is 10.0 Å². The Morgan fingerprint density at radius 1 is 1.04 bits per heavy atom. The second-order valence-electron chi connectivity index (χ2n) is 4.69. The van der Waals surface area contributed by atoms with E-state index in [0.717, 1.165) is 41.1 Å². The Balaban J connectivity index is 0.000000212. The fraction of sp³-hybridized carbons (Fsp3) is 0.286. The Kier molecular flexibility index (Phi) is 7.17. The fourth-order valence-electron chi connectivity index (χ4n) is 1.82. The van der Waals surface area contributed by atoms with Crippen molar-refractivity contribution in [2.75, 3.05) is 0 Å². The van der Waals surface area contributed by atoms with E-state index in [2.05, 4.69) is 43.8 Å². The van der Waals surface area contributed by atoms with Crippen LogP contribution in [0.5, 0.6) is 0 Å². The third-order valence-corrected chi connectivity index (χ3v) is 5.23. The summed E-state index contributed by atoms with van der Waals surface area (Å²) >= 11 is 5.02. The van der Waals surface area contributed by atoms with Crippen LogP contribution >= 0.6 is 38.6 Å². The molecule has 0 saturated heterocycles. The molecule has 2 aromatic heterocycles. The van der Waals surface area contributed by atoms with Gasteiger partial charge in [-0.2, -0.15) is 0 Å². The molecule has 25 heavy (non-hydrogen) atoms. The van der Waals surface area contributed by atoms with Crippen LogP contribution in [0, 0.1) is 32.1 Å². The molecular formula is C14H11BrN4O4S2. The first-order valence-electron chi connectivity index (χ1n) is 7.02. The molecular weight excluding hydrogens is 432 g/mol. The maximum Gasteiger partial charge on any atom is 0.344 e. The summed E-state index contributed by atoms with van der Waals surface area (Å²) in [6.45, 7) is 0. The number of rotatable bonds is 2. The zero-order valence-corrected chi connectivity index (χ0v) is 15.9. The molecule has 11 heteroatoms. The van der Waals surface area contributed by atoms with E-state index in [1.165, 1.54) is 25.2 Å². The molecule has 1 aliphatic carbocycles. The number of thiazole rings is 2. The highest BCUT2D eigenvalue weighted by atomic mass is 79.9. The van der Waals surface area contributed by atoms with E-state index >= 15 is 0 Å². The second-order valence-corrected chi connectivity index (χ2v) is 7.99. The highest BCUT2D eigenvalue weighted by Crippen LogP contribution is 2.24. The van der Waals surface area contributed by atoms with Gasteiger partial charge in [0.05, 0.1) is 9.85 Å². The first-order chi connectivity index (χ1) is 12.0. The second kappa shape index (κ2) is 9.36. The van der Waals surface area contributed by atoms with E-state index in [1.807, 2.05) is 0 Å². The van der Waals surface area contributed by atoms with Gasteiger partial charge in [-0.05, 0) is 75.8 Å². The van der Waals surface area contributed by atoms with Crippen LogP contribution in [0.3, 0.4) is 0 Å². The van der Waals surface area contributed by atoms with Gasteiger partial charge in [-0.15, -0.1) is 0 Å². The predicted octanol–water partition coefficient (Wildman–Crippen LogP) is 4.72. The van der Waals surface area contributed by atoms with Crippen molar-refractivity contribution in [3.8, 4) is 11.8 Å². The standard InChI is InChI=1S/C11H10N2O2S.C3HBrN2O2S/c14-13(15)11-8-12-10(16-11)7-6-9-4-2-1-3-5-9;4-3-5-1-2(9-3)6(7)8/h4,8H,1-3,5H2;1H. The number of hydrogen-bond donors (Lipinski definition) is 0. The normalized spacial score (nSPS) is 12.9. The summed E-state index contributed by atoms with van der Waals surface area (Å²) in [6.07, 6.45) is 9.12. The van der Waals surface area contributed by atoms with Crippen LogP contribution in [-0.2, 0) is 0 Å². The summed E-state index contributed by atoms with van der Waals surface area (Å²) in [4.78, 5) is 27.0. The number of halogens is 1. The third-order valence-electron chi connectivity index (χ3n) is 2.94. The van der Waals surface area contributed by atoms with Crippen LogP contribution < -0.4 is 0 Å². The van der Waals surface area contributed by atoms with Gasteiger partial charge in [0.15, 0.2) is 8.92 Å². The molecule has 0 fully saturated rings. The van der Waals surface area contributed by atoms with Crippen molar-refractivity contribution in [2.45, 2.75) is 25.7 Å². The van der Waals surface area contributed by atoms with Crippen molar-refractivity contribution in [3.63, 3.8) is 0 Å². The quantitative estimate of drug-likeness (QED) is 0.377. The summed E-state index contributed by atoms with van der Waals surface area (Å²) in [5, 5.41) is 21.0. The largest absolute Gasteiger partial charge is 0.344 e. The first-order valence-corrected chi connectivity index (χ1v) is 9.45. The summed E-state index contributed by atoms with van der Waals surface area (Å²) < 4.78 is 0.536. The van der Waals surface area contributed by atoms with Crippen molar-refractivity contribution in [1.82, 2.24) is 9.97 Å². The van der Waals surface area contributed by atoms with Crippen molar-refractivity contribution in [3.05, 3.63) is 53.2 Å². The summed E-state index contributed by atoms with van der Waals surface area (Å²) in [5.41, 5.74) is 1.13. The molecule has 130 valence electrons. The van der Waals surface area contributed by atoms with Gasteiger partial charge >= 0.3 is 10.0 Å². The van der Waals surface area contributed by atoms with Gasteiger partial charge in [-0.3, -0.25) is 20.2 Å². The fourth-order valence-corrected chi connectivity index (χ4v) is 3.47. The number of hydrogen-bond acceptors (Lipinski definition) is 8. The average Bonchev–Trinajstić information content (AvgIpc) is 3.23. The highest BCUT2D eigenvalue weighted by Gasteiger charge is 2.10. The smallest absolute Gasteiger partial charge is 0.257 e. The number of nitro groups is 2. The molecule has 8 nitrogen and oxygen atoms in total. The molecule has 3 rings (SSSR count). The molecule has 0 bridgehead atoms. The molecule has 2 heterocycles. The molecule has 0 N–H and O–H groups in total. The topological polar surface area (TPSA) is 112 Å². The van der Waals surface area contributed by atoms with Crippen molar-refractivity contribution in [1.29, 1.82) is 0 Å². The first kappa shape index (κ1) is 19.2. The number of aromatic nitrogens is 2. The van der Waals surface area contributed by atoms with Crippen LogP contribution in [0.15, 0.2) is 28.0 Å². The van der Waals surface area contributed by atoms with Gasteiger partial charge in [-0.25, -0.2) is 9.97 Å². The van der Waals surface area contributed by atoms with E-state index in [0.29, 0.717) is 8.92 Å². The molecule has 0 spiro atoms. The molecule has 0 saturated carbocycles. The average molecular weight is 443 g/mol. The molecule has 0 radical (unpaired) electrons. The lowest BCUT2D eigenvalue weighted by atomic mass is 10.0. The Bertz CT molecular complexity index is 866. The monoisotopic (exact) mass is 442 g/mol. The van der Waals surface area contributed by atoms with Crippen LogP contribution in [-0.4, -0.2) is 19.8 Å².